The maximum Gasteiger partial charge on any atom is 0.125 e. The van der Waals surface area contributed by atoms with E-state index in [2.05, 4.69) is 60.2 Å². The van der Waals surface area contributed by atoms with Crippen molar-refractivity contribution in [1.29, 1.82) is 0 Å². The van der Waals surface area contributed by atoms with Gasteiger partial charge < -0.3 is 10.1 Å². The van der Waals surface area contributed by atoms with Crippen LogP contribution in [-0.2, 0) is 0 Å². The summed E-state index contributed by atoms with van der Waals surface area (Å²) in [6, 6.07) is 6.65. The minimum Gasteiger partial charge on any atom is -0.493 e. The van der Waals surface area contributed by atoms with Crippen molar-refractivity contribution in [2.45, 2.75) is 58.9 Å². The largest absolute Gasteiger partial charge is 0.493 e. The second-order valence-corrected chi connectivity index (χ2v) is 6.18. The standard InChI is InChI=1S/C17H28BrNO/c1-4-6-7-8-12-20-17-13-15(18)9-10-16(17)14(3)19-11-5-2/h9-10,13-14,19H,4-8,11-12H2,1-3H3. The number of unbranched alkanes of at least 4 members (excludes halogenated alkanes) is 3. The van der Waals surface area contributed by atoms with Gasteiger partial charge in [-0.15, -0.1) is 0 Å². The van der Waals surface area contributed by atoms with E-state index in [0.717, 1.165) is 36.2 Å². The van der Waals surface area contributed by atoms with Gasteiger partial charge in [0.05, 0.1) is 6.61 Å². The molecule has 0 aliphatic rings. The molecule has 0 aliphatic heterocycles. The highest BCUT2D eigenvalue weighted by Crippen LogP contribution is 2.29. The summed E-state index contributed by atoms with van der Waals surface area (Å²) >= 11 is 3.53. The molecular formula is C17H28BrNO. The number of ether oxygens (including phenoxy) is 1. The molecule has 1 N–H and O–H groups in total. The van der Waals surface area contributed by atoms with Crippen molar-refractivity contribution in [2.24, 2.45) is 0 Å². The average molecular weight is 342 g/mol. The summed E-state index contributed by atoms with van der Waals surface area (Å²) < 4.78 is 7.07. The first kappa shape index (κ1) is 17.5. The molecule has 0 heterocycles. The summed E-state index contributed by atoms with van der Waals surface area (Å²) in [6.07, 6.45) is 6.09. The molecule has 3 heteroatoms. The zero-order chi connectivity index (χ0) is 14.8. The van der Waals surface area contributed by atoms with Crippen molar-refractivity contribution in [1.82, 2.24) is 5.32 Å². The van der Waals surface area contributed by atoms with Gasteiger partial charge in [0.1, 0.15) is 5.75 Å². The fourth-order valence-corrected chi connectivity index (χ4v) is 2.51. The fraction of sp³-hybridized carbons (Fsp3) is 0.647. The second-order valence-electron chi connectivity index (χ2n) is 5.27. The van der Waals surface area contributed by atoms with Crippen LogP contribution in [0.5, 0.6) is 5.75 Å². The number of rotatable bonds is 10. The van der Waals surface area contributed by atoms with Gasteiger partial charge in [-0.2, -0.15) is 0 Å². The molecule has 2 nitrogen and oxygen atoms in total. The summed E-state index contributed by atoms with van der Waals surface area (Å²) in [4.78, 5) is 0. The molecular weight excluding hydrogens is 314 g/mol. The van der Waals surface area contributed by atoms with Crippen LogP contribution in [0.1, 0.15) is 64.5 Å². The quantitative estimate of drug-likeness (QED) is 0.569. The lowest BCUT2D eigenvalue weighted by Gasteiger charge is -2.18. The molecule has 0 saturated heterocycles. The van der Waals surface area contributed by atoms with E-state index in [1.807, 2.05) is 0 Å². The summed E-state index contributed by atoms with van der Waals surface area (Å²) in [7, 11) is 0. The molecule has 1 aromatic rings. The van der Waals surface area contributed by atoms with Gasteiger partial charge in [0, 0.05) is 16.1 Å². The smallest absolute Gasteiger partial charge is 0.125 e. The normalized spacial score (nSPS) is 12.4. The van der Waals surface area contributed by atoms with Crippen molar-refractivity contribution in [3.05, 3.63) is 28.2 Å². The van der Waals surface area contributed by atoms with Crippen molar-refractivity contribution in [3.63, 3.8) is 0 Å². The molecule has 1 atom stereocenters. The molecule has 114 valence electrons. The number of nitrogens with one attached hydrogen (secondary N) is 1. The molecule has 0 radical (unpaired) electrons. The third-order valence-electron chi connectivity index (χ3n) is 3.40. The predicted octanol–water partition coefficient (Wildman–Crippen LogP) is 5.47. The summed E-state index contributed by atoms with van der Waals surface area (Å²) in [6.45, 7) is 8.46. The molecule has 20 heavy (non-hydrogen) atoms. The number of halogens is 1. The van der Waals surface area contributed by atoms with Gasteiger partial charge in [0.25, 0.3) is 0 Å². The Kier molecular flexibility index (Phi) is 8.95. The van der Waals surface area contributed by atoms with Crippen LogP contribution in [0.2, 0.25) is 0 Å². The van der Waals surface area contributed by atoms with Gasteiger partial charge in [-0.1, -0.05) is 55.1 Å². The molecule has 0 spiro atoms. The van der Waals surface area contributed by atoms with E-state index in [9.17, 15) is 0 Å². The van der Waals surface area contributed by atoms with Crippen LogP contribution in [0.15, 0.2) is 22.7 Å². The van der Waals surface area contributed by atoms with E-state index >= 15 is 0 Å². The van der Waals surface area contributed by atoms with Gasteiger partial charge in [0.15, 0.2) is 0 Å². The van der Waals surface area contributed by atoms with Crippen molar-refractivity contribution < 1.29 is 4.74 Å². The Balaban J connectivity index is 2.60. The van der Waals surface area contributed by atoms with E-state index in [0.29, 0.717) is 6.04 Å². The molecule has 0 aliphatic carbocycles. The van der Waals surface area contributed by atoms with Crippen LogP contribution in [0.4, 0.5) is 0 Å². The van der Waals surface area contributed by atoms with Crippen LogP contribution in [-0.4, -0.2) is 13.2 Å². The highest BCUT2D eigenvalue weighted by atomic mass is 79.9. The Labute approximate surface area is 132 Å². The van der Waals surface area contributed by atoms with Gasteiger partial charge >= 0.3 is 0 Å². The maximum absolute atomic E-state index is 6.00. The summed E-state index contributed by atoms with van der Waals surface area (Å²) in [5.74, 6) is 1.01. The number of hydrogen-bond acceptors (Lipinski definition) is 2. The predicted molar refractivity (Wildman–Crippen MR) is 90.5 cm³/mol. The Bertz CT molecular complexity index is 381. The zero-order valence-corrected chi connectivity index (χ0v) is 14.6. The molecule has 0 aromatic heterocycles. The molecule has 1 aromatic carbocycles. The van der Waals surface area contributed by atoms with E-state index in [1.54, 1.807) is 0 Å². The third kappa shape index (κ3) is 6.27. The van der Waals surface area contributed by atoms with E-state index in [-0.39, 0.29) is 0 Å². The monoisotopic (exact) mass is 341 g/mol. The SMILES string of the molecule is CCCCCCOc1cc(Br)ccc1C(C)NCCC. The average Bonchev–Trinajstić information content (AvgIpc) is 2.44. The molecule has 0 bridgehead atoms. The van der Waals surface area contributed by atoms with Crippen LogP contribution < -0.4 is 10.1 Å². The molecule has 0 saturated carbocycles. The highest BCUT2D eigenvalue weighted by molar-refractivity contribution is 9.10. The first-order valence-electron chi connectivity index (χ1n) is 7.84. The Morgan fingerprint density at radius 1 is 1.15 bits per heavy atom. The lowest BCUT2D eigenvalue weighted by Crippen LogP contribution is -2.20. The number of benzene rings is 1. The summed E-state index contributed by atoms with van der Waals surface area (Å²) in [5.41, 5.74) is 1.25. The third-order valence-corrected chi connectivity index (χ3v) is 3.89. The second kappa shape index (κ2) is 10.2. The van der Waals surface area contributed by atoms with E-state index in [1.165, 1.54) is 24.8 Å². The minimum atomic E-state index is 0.327. The van der Waals surface area contributed by atoms with Gasteiger partial charge in [0.2, 0.25) is 0 Å². The topological polar surface area (TPSA) is 21.3 Å². The Morgan fingerprint density at radius 3 is 2.65 bits per heavy atom. The molecule has 0 amide bonds. The number of hydrogen-bond donors (Lipinski definition) is 1. The summed E-state index contributed by atoms with van der Waals surface area (Å²) in [5, 5.41) is 3.52. The lowest BCUT2D eigenvalue weighted by atomic mass is 10.1. The van der Waals surface area contributed by atoms with Crippen molar-refractivity contribution in [2.75, 3.05) is 13.2 Å². The van der Waals surface area contributed by atoms with Gasteiger partial charge in [-0.25, -0.2) is 0 Å². The maximum atomic E-state index is 6.00. The van der Waals surface area contributed by atoms with E-state index < -0.39 is 0 Å². The van der Waals surface area contributed by atoms with Crippen molar-refractivity contribution >= 4 is 15.9 Å². The Morgan fingerprint density at radius 2 is 1.95 bits per heavy atom. The molecule has 1 unspecified atom stereocenters. The van der Waals surface area contributed by atoms with Crippen molar-refractivity contribution in [3.8, 4) is 5.75 Å². The first-order chi connectivity index (χ1) is 9.69. The van der Waals surface area contributed by atoms with Crippen LogP contribution in [0, 0.1) is 0 Å². The minimum absolute atomic E-state index is 0.327. The van der Waals surface area contributed by atoms with Crippen LogP contribution in [0.3, 0.4) is 0 Å². The molecule has 1 rings (SSSR count). The molecule has 0 fully saturated rings. The van der Waals surface area contributed by atoms with Crippen LogP contribution in [0.25, 0.3) is 0 Å². The van der Waals surface area contributed by atoms with Crippen LogP contribution >= 0.6 is 15.9 Å². The van der Waals surface area contributed by atoms with Gasteiger partial charge in [-0.05, 0) is 38.4 Å². The Hall–Kier alpha value is -0.540. The highest BCUT2D eigenvalue weighted by Gasteiger charge is 2.11. The van der Waals surface area contributed by atoms with E-state index in [4.69, 9.17) is 4.74 Å². The zero-order valence-electron chi connectivity index (χ0n) is 13.0. The first-order valence-corrected chi connectivity index (χ1v) is 8.64. The van der Waals surface area contributed by atoms with Gasteiger partial charge in [-0.3, -0.25) is 0 Å². The lowest BCUT2D eigenvalue weighted by molar-refractivity contribution is 0.299. The fourth-order valence-electron chi connectivity index (χ4n) is 2.17.